The van der Waals surface area contributed by atoms with Crippen molar-refractivity contribution in [3.05, 3.63) is 29.6 Å². The molecule has 0 unspecified atom stereocenters. The molecule has 0 atom stereocenters. The minimum atomic E-state index is -4.33. The van der Waals surface area contributed by atoms with E-state index in [2.05, 4.69) is 4.98 Å². The summed E-state index contributed by atoms with van der Waals surface area (Å²) in [4.78, 5) is 3.31. The van der Waals surface area contributed by atoms with Gasteiger partial charge >= 0.3 is 6.18 Å². The lowest BCUT2D eigenvalue weighted by atomic mass is 10.2. The molecule has 1 heterocycles. The first kappa shape index (κ1) is 8.04. The molecule has 0 fully saturated rings. The van der Waals surface area contributed by atoms with Gasteiger partial charge in [0.25, 0.3) is 0 Å². The Morgan fingerprint density at radius 2 is 2.09 bits per heavy atom. The maximum absolute atomic E-state index is 11.9. The summed E-state index contributed by atoms with van der Waals surface area (Å²) in [6.07, 6.45) is -1.13. The van der Waals surface area contributed by atoms with Gasteiger partial charge in [0.2, 0.25) is 0 Å². The number of pyridine rings is 1. The first-order chi connectivity index (χ1) is 5.00. The molecule has 0 spiro atoms. The van der Waals surface area contributed by atoms with Crippen molar-refractivity contribution < 1.29 is 13.2 Å². The Bertz CT molecular complexity index is 254. The van der Waals surface area contributed by atoms with Crippen molar-refractivity contribution in [2.75, 3.05) is 0 Å². The fraction of sp³-hybridized carbons (Fsp3) is 0.286. The number of hydrogen-bond donors (Lipinski definition) is 0. The SMILES string of the molecule is Cc1cn[c]c(C(F)(F)F)c1. The van der Waals surface area contributed by atoms with Crippen LogP contribution in [-0.2, 0) is 6.18 Å². The standard InChI is InChI=1S/C7H5F3N/c1-5-2-6(4-11-3-5)7(8,9)10/h2-3H,1H3. The van der Waals surface area contributed by atoms with E-state index in [0.717, 1.165) is 6.07 Å². The van der Waals surface area contributed by atoms with Crippen LogP contribution in [0.4, 0.5) is 13.2 Å². The molecule has 1 aromatic rings. The lowest BCUT2D eigenvalue weighted by molar-refractivity contribution is -0.138. The van der Waals surface area contributed by atoms with Crippen molar-refractivity contribution in [3.8, 4) is 0 Å². The molecule has 4 heteroatoms. The lowest BCUT2D eigenvalue weighted by Gasteiger charge is -2.04. The van der Waals surface area contributed by atoms with Crippen LogP contribution in [0.25, 0.3) is 0 Å². The van der Waals surface area contributed by atoms with E-state index in [1.807, 2.05) is 6.20 Å². The van der Waals surface area contributed by atoms with Crippen LogP contribution < -0.4 is 0 Å². The van der Waals surface area contributed by atoms with Gasteiger partial charge in [-0.1, -0.05) is 0 Å². The molecule has 0 aliphatic heterocycles. The highest BCUT2D eigenvalue weighted by Crippen LogP contribution is 2.28. The second-order valence-corrected chi connectivity index (χ2v) is 2.17. The molecule has 59 valence electrons. The first-order valence-electron chi connectivity index (χ1n) is 2.91. The van der Waals surface area contributed by atoms with Crippen molar-refractivity contribution in [1.29, 1.82) is 0 Å². The first-order valence-corrected chi connectivity index (χ1v) is 2.91. The van der Waals surface area contributed by atoms with Gasteiger partial charge in [0.05, 0.1) is 5.56 Å². The summed E-state index contributed by atoms with van der Waals surface area (Å²) >= 11 is 0. The van der Waals surface area contributed by atoms with E-state index < -0.39 is 11.7 Å². The number of hydrogen-bond acceptors (Lipinski definition) is 1. The molecule has 0 aliphatic carbocycles. The molecule has 1 rings (SSSR count). The molecule has 0 aliphatic rings. The predicted octanol–water partition coefficient (Wildman–Crippen LogP) is 2.21. The maximum atomic E-state index is 11.9. The number of aryl methyl sites for hydroxylation is 1. The van der Waals surface area contributed by atoms with E-state index >= 15 is 0 Å². The third kappa shape index (κ3) is 1.93. The van der Waals surface area contributed by atoms with E-state index in [9.17, 15) is 13.2 Å². The van der Waals surface area contributed by atoms with Crippen LogP contribution in [0.2, 0.25) is 0 Å². The molecule has 0 amide bonds. The van der Waals surface area contributed by atoms with Gasteiger partial charge < -0.3 is 0 Å². The monoisotopic (exact) mass is 160 g/mol. The van der Waals surface area contributed by atoms with Gasteiger partial charge in [-0.3, -0.25) is 4.98 Å². The second-order valence-electron chi connectivity index (χ2n) is 2.17. The molecular formula is C7H5F3N. The van der Waals surface area contributed by atoms with E-state index in [0.29, 0.717) is 5.56 Å². The van der Waals surface area contributed by atoms with Crippen LogP contribution in [0.3, 0.4) is 0 Å². The summed E-state index contributed by atoms with van der Waals surface area (Å²) in [5, 5.41) is 0. The fourth-order valence-electron chi connectivity index (χ4n) is 0.646. The molecule has 11 heavy (non-hydrogen) atoms. The largest absolute Gasteiger partial charge is 0.418 e. The zero-order chi connectivity index (χ0) is 8.48. The summed E-state index contributed by atoms with van der Waals surface area (Å²) in [6.45, 7) is 1.55. The van der Waals surface area contributed by atoms with Gasteiger partial charge in [-0.25, -0.2) is 0 Å². The van der Waals surface area contributed by atoms with Gasteiger partial charge in [-0.15, -0.1) is 0 Å². The number of nitrogens with zero attached hydrogens (tertiary/aromatic N) is 1. The van der Waals surface area contributed by atoms with Crippen molar-refractivity contribution in [1.82, 2.24) is 4.98 Å². The summed E-state index contributed by atoms with van der Waals surface area (Å²) in [5.74, 6) is 0. The molecule has 0 saturated heterocycles. The highest BCUT2D eigenvalue weighted by molar-refractivity contribution is 5.17. The summed E-state index contributed by atoms with van der Waals surface area (Å²) < 4.78 is 35.7. The Balaban J connectivity index is 3.06. The van der Waals surface area contributed by atoms with Crippen LogP contribution in [0.5, 0.6) is 0 Å². The van der Waals surface area contributed by atoms with E-state index in [-0.39, 0.29) is 0 Å². The van der Waals surface area contributed by atoms with Crippen LogP contribution in [0, 0.1) is 13.1 Å². The zero-order valence-corrected chi connectivity index (χ0v) is 5.74. The zero-order valence-electron chi connectivity index (χ0n) is 5.74. The Hall–Kier alpha value is -1.06. The Morgan fingerprint density at radius 3 is 2.45 bits per heavy atom. The minimum absolute atomic E-state index is 0.482. The summed E-state index contributed by atoms with van der Waals surface area (Å²) in [6, 6.07) is 1.01. The average molecular weight is 160 g/mol. The molecule has 0 bridgehead atoms. The van der Waals surface area contributed by atoms with E-state index in [4.69, 9.17) is 0 Å². The smallest absolute Gasteiger partial charge is 0.254 e. The third-order valence-corrected chi connectivity index (χ3v) is 1.13. The minimum Gasteiger partial charge on any atom is -0.254 e. The fourth-order valence-corrected chi connectivity index (χ4v) is 0.646. The topological polar surface area (TPSA) is 12.9 Å². The second kappa shape index (κ2) is 2.53. The molecule has 1 nitrogen and oxygen atoms in total. The quantitative estimate of drug-likeness (QED) is 0.567. The van der Waals surface area contributed by atoms with Crippen molar-refractivity contribution in [2.45, 2.75) is 13.1 Å². The highest BCUT2D eigenvalue weighted by atomic mass is 19.4. The summed E-state index contributed by atoms with van der Waals surface area (Å²) in [5.41, 5.74) is -0.339. The van der Waals surface area contributed by atoms with Gasteiger partial charge in [-0.05, 0) is 18.6 Å². The van der Waals surface area contributed by atoms with Gasteiger partial charge in [-0.2, -0.15) is 13.2 Å². The number of aromatic nitrogens is 1. The van der Waals surface area contributed by atoms with Crippen molar-refractivity contribution in [3.63, 3.8) is 0 Å². The Morgan fingerprint density at radius 1 is 1.45 bits per heavy atom. The highest BCUT2D eigenvalue weighted by Gasteiger charge is 2.31. The van der Waals surface area contributed by atoms with Crippen LogP contribution in [0.1, 0.15) is 11.1 Å². The molecule has 0 N–H and O–H groups in total. The molecule has 1 radical (unpaired) electrons. The lowest BCUT2D eigenvalue weighted by Crippen LogP contribution is -2.05. The van der Waals surface area contributed by atoms with Crippen LogP contribution in [0.15, 0.2) is 12.3 Å². The predicted molar refractivity (Wildman–Crippen MR) is 32.8 cm³/mol. The number of rotatable bonds is 0. The van der Waals surface area contributed by atoms with Gasteiger partial charge in [0.1, 0.15) is 6.20 Å². The normalized spacial score (nSPS) is 11.6. The van der Waals surface area contributed by atoms with Crippen LogP contribution in [-0.4, -0.2) is 4.98 Å². The third-order valence-electron chi connectivity index (χ3n) is 1.13. The average Bonchev–Trinajstić information content (AvgIpc) is 1.86. The Labute approximate surface area is 61.9 Å². The molecule has 1 aromatic heterocycles. The summed E-state index contributed by atoms with van der Waals surface area (Å²) in [7, 11) is 0. The van der Waals surface area contributed by atoms with Crippen molar-refractivity contribution >= 4 is 0 Å². The van der Waals surface area contributed by atoms with E-state index in [1.165, 1.54) is 6.20 Å². The van der Waals surface area contributed by atoms with Crippen molar-refractivity contribution in [2.24, 2.45) is 0 Å². The van der Waals surface area contributed by atoms with Gasteiger partial charge in [0, 0.05) is 6.20 Å². The Kier molecular flexibility index (Phi) is 1.85. The van der Waals surface area contributed by atoms with Gasteiger partial charge in [0.15, 0.2) is 0 Å². The molecule has 0 aromatic carbocycles. The number of alkyl halides is 3. The molecule has 0 saturated carbocycles. The maximum Gasteiger partial charge on any atom is 0.418 e. The molecular weight excluding hydrogens is 155 g/mol. The van der Waals surface area contributed by atoms with E-state index in [1.54, 1.807) is 6.92 Å². The number of halogens is 3. The van der Waals surface area contributed by atoms with Crippen LogP contribution >= 0.6 is 0 Å².